The van der Waals surface area contributed by atoms with E-state index >= 15 is 0 Å². The molecule has 4 heteroatoms. The van der Waals surface area contributed by atoms with Crippen LogP contribution in [0.1, 0.15) is 54.4 Å². The van der Waals surface area contributed by atoms with Gasteiger partial charge in [0, 0.05) is 12.6 Å². The molecule has 0 saturated carbocycles. The van der Waals surface area contributed by atoms with Gasteiger partial charge in [-0.2, -0.15) is 0 Å². The van der Waals surface area contributed by atoms with Crippen LogP contribution in [0.5, 0.6) is 0 Å². The predicted octanol–water partition coefficient (Wildman–Crippen LogP) is 1.99. The molecular formula is C15H33N3O. The van der Waals surface area contributed by atoms with Crippen molar-refractivity contribution in [1.82, 2.24) is 10.2 Å². The summed E-state index contributed by atoms with van der Waals surface area (Å²) >= 11 is 0. The molecule has 0 saturated heterocycles. The highest BCUT2D eigenvalue weighted by molar-refractivity contribution is 5.84. The maximum absolute atomic E-state index is 11.6. The summed E-state index contributed by atoms with van der Waals surface area (Å²) in [6.45, 7) is 14.7. The van der Waals surface area contributed by atoms with Crippen LogP contribution in [0.4, 0.5) is 0 Å². The van der Waals surface area contributed by atoms with Gasteiger partial charge in [0.25, 0.3) is 0 Å². The number of nitrogens with one attached hydrogen (secondary N) is 1. The highest BCUT2D eigenvalue weighted by Crippen LogP contribution is 2.17. The van der Waals surface area contributed by atoms with Crippen LogP contribution in [0.3, 0.4) is 0 Å². The third-order valence-corrected chi connectivity index (χ3v) is 3.11. The second-order valence-electron chi connectivity index (χ2n) is 7.40. The van der Waals surface area contributed by atoms with Crippen LogP contribution >= 0.6 is 0 Å². The number of rotatable bonds is 8. The van der Waals surface area contributed by atoms with Crippen molar-refractivity contribution < 1.29 is 4.79 Å². The van der Waals surface area contributed by atoms with Gasteiger partial charge in [-0.25, -0.2) is 0 Å². The number of carbonyl (C=O) groups excluding carboxylic acids is 1. The zero-order valence-corrected chi connectivity index (χ0v) is 13.8. The van der Waals surface area contributed by atoms with Gasteiger partial charge in [0.15, 0.2) is 0 Å². The molecule has 0 fully saturated rings. The molecule has 1 unspecified atom stereocenters. The number of hydrogen-bond donors (Lipinski definition) is 2. The van der Waals surface area contributed by atoms with Crippen LogP contribution in [0, 0.1) is 5.41 Å². The third kappa shape index (κ3) is 8.22. The minimum atomic E-state index is -0.600. The summed E-state index contributed by atoms with van der Waals surface area (Å²) in [5, 5.41) is 3.28. The Bertz CT molecular complexity index is 284. The van der Waals surface area contributed by atoms with Crippen LogP contribution in [0.25, 0.3) is 0 Å². The fraction of sp³-hybridized carbons (Fsp3) is 0.933. The lowest BCUT2D eigenvalue weighted by Gasteiger charge is -2.31. The summed E-state index contributed by atoms with van der Waals surface area (Å²) in [5.41, 5.74) is 5.23. The number of nitrogens with zero attached hydrogens (tertiary/aromatic N) is 1. The number of amides is 1. The first kappa shape index (κ1) is 18.4. The SMILES string of the molecule is CC(C)NC(C)(CCCN(C)CC(C)(C)C)C(N)=O. The molecule has 1 amide bonds. The van der Waals surface area contributed by atoms with E-state index in [4.69, 9.17) is 5.73 Å². The predicted molar refractivity (Wildman–Crippen MR) is 82.1 cm³/mol. The maximum Gasteiger partial charge on any atom is 0.237 e. The zero-order valence-electron chi connectivity index (χ0n) is 13.8. The smallest absolute Gasteiger partial charge is 0.237 e. The molecule has 0 aromatic heterocycles. The first-order valence-corrected chi connectivity index (χ1v) is 7.22. The number of carbonyl (C=O) groups is 1. The van der Waals surface area contributed by atoms with Crippen LogP contribution in [-0.2, 0) is 4.79 Å². The van der Waals surface area contributed by atoms with Crippen LogP contribution in [0.2, 0.25) is 0 Å². The van der Waals surface area contributed by atoms with Crippen molar-refractivity contribution in [1.29, 1.82) is 0 Å². The Labute approximate surface area is 119 Å². The Kier molecular flexibility index (Phi) is 7.01. The van der Waals surface area contributed by atoms with E-state index in [1.807, 2.05) is 20.8 Å². The standard InChI is InChI=1S/C15H33N3O/c1-12(2)17-15(6,13(16)19)9-8-10-18(7)11-14(3,4)5/h12,17H,8-11H2,1-7H3,(H2,16,19). The summed E-state index contributed by atoms with van der Waals surface area (Å²) in [5.74, 6) is -0.264. The maximum atomic E-state index is 11.6. The molecule has 3 N–H and O–H groups in total. The van der Waals surface area contributed by atoms with E-state index in [0.717, 1.165) is 25.9 Å². The van der Waals surface area contributed by atoms with Crippen LogP contribution in [-0.4, -0.2) is 42.5 Å². The van der Waals surface area contributed by atoms with E-state index in [1.54, 1.807) is 0 Å². The second-order valence-corrected chi connectivity index (χ2v) is 7.40. The minimum Gasteiger partial charge on any atom is -0.368 e. The molecule has 19 heavy (non-hydrogen) atoms. The van der Waals surface area contributed by atoms with Crippen molar-refractivity contribution in [2.75, 3.05) is 20.1 Å². The normalized spacial score (nSPS) is 15.8. The number of hydrogen-bond acceptors (Lipinski definition) is 3. The second kappa shape index (κ2) is 7.25. The fourth-order valence-corrected chi connectivity index (χ4v) is 2.49. The quantitative estimate of drug-likeness (QED) is 0.710. The van der Waals surface area contributed by atoms with E-state index in [9.17, 15) is 4.79 Å². The Morgan fingerprint density at radius 2 is 1.79 bits per heavy atom. The Morgan fingerprint density at radius 1 is 1.26 bits per heavy atom. The molecule has 0 aliphatic rings. The van der Waals surface area contributed by atoms with Crippen molar-refractivity contribution in [2.24, 2.45) is 11.1 Å². The molecular weight excluding hydrogens is 238 g/mol. The van der Waals surface area contributed by atoms with E-state index in [0.29, 0.717) is 5.41 Å². The summed E-state index contributed by atoms with van der Waals surface area (Å²) < 4.78 is 0. The molecule has 1 atom stereocenters. The lowest BCUT2D eigenvalue weighted by atomic mass is 9.93. The lowest BCUT2D eigenvalue weighted by Crippen LogP contribution is -2.55. The van der Waals surface area contributed by atoms with Gasteiger partial charge in [-0.15, -0.1) is 0 Å². The Morgan fingerprint density at radius 3 is 2.16 bits per heavy atom. The molecule has 0 aromatic carbocycles. The Balaban J connectivity index is 4.24. The third-order valence-electron chi connectivity index (χ3n) is 3.11. The van der Waals surface area contributed by atoms with Crippen molar-refractivity contribution in [3.63, 3.8) is 0 Å². The summed E-state index contributed by atoms with van der Waals surface area (Å²) in [4.78, 5) is 13.9. The molecule has 0 aromatic rings. The van der Waals surface area contributed by atoms with Gasteiger partial charge in [-0.3, -0.25) is 4.79 Å². The van der Waals surface area contributed by atoms with Crippen molar-refractivity contribution in [2.45, 2.75) is 66.0 Å². The van der Waals surface area contributed by atoms with Gasteiger partial charge >= 0.3 is 0 Å². The van der Waals surface area contributed by atoms with E-state index in [-0.39, 0.29) is 11.9 Å². The molecule has 4 nitrogen and oxygen atoms in total. The zero-order chi connectivity index (χ0) is 15.3. The number of nitrogens with two attached hydrogens (primary N) is 1. The summed E-state index contributed by atoms with van der Waals surface area (Å²) in [6, 6.07) is 0.254. The van der Waals surface area contributed by atoms with Crippen LogP contribution < -0.4 is 11.1 Å². The van der Waals surface area contributed by atoms with E-state index in [1.165, 1.54) is 0 Å². The van der Waals surface area contributed by atoms with Crippen molar-refractivity contribution in [3.8, 4) is 0 Å². The van der Waals surface area contributed by atoms with E-state index in [2.05, 4.69) is 38.0 Å². The molecule has 0 radical (unpaired) electrons. The molecule has 114 valence electrons. The Hall–Kier alpha value is -0.610. The van der Waals surface area contributed by atoms with Crippen molar-refractivity contribution >= 4 is 5.91 Å². The average molecular weight is 271 g/mol. The molecule has 0 spiro atoms. The lowest BCUT2D eigenvalue weighted by molar-refractivity contribution is -0.124. The molecule has 0 aliphatic heterocycles. The van der Waals surface area contributed by atoms with Gasteiger partial charge in [-0.05, 0) is 52.6 Å². The number of primary amides is 1. The van der Waals surface area contributed by atoms with Gasteiger partial charge in [0.1, 0.15) is 0 Å². The fourth-order valence-electron chi connectivity index (χ4n) is 2.49. The molecule has 0 aliphatic carbocycles. The van der Waals surface area contributed by atoms with Gasteiger partial charge in [0.05, 0.1) is 5.54 Å². The van der Waals surface area contributed by atoms with Gasteiger partial charge < -0.3 is 16.0 Å². The first-order valence-electron chi connectivity index (χ1n) is 7.22. The van der Waals surface area contributed by atoms with Gasteiger partial charge in [0.2, 0.25) is 5.91 Å². The average Bonchev–Trinajstić information content (AvgIpc) is 2.12. The van der Waals surface area contributed by atoms with Crippen LogP contribution in [0.15, 0.2) is 0 Å². The largest absolute Gasteiger partial charge is 0.368 e. The van der Waals surface area contributed by atoms with Gasteiger partial charge in [-0.1, -0.05) is 20.8 Å². The first-order chi connectivity index (χ1) is 8.46. The highest BCUT2D eigenvalue weighted by atomic mass is 16.1. The monoisotopic (exact) mass is 271 g/mol. The summed E-state index contributed by atoms with van der Waals surface area (Å²) in [7, 11) is 2.13. The van der Waals surface area contributed by atoms with E-state index < -0.39 is 5.54 Å². The highest BCUT2D eigenvalue weighted by Gasteiger charge is 2.30. The van der Waals surface area contributed by atoms with Crippen molar-refractivity contribution in [3.05, 3.63) is 0 Å². The minimum absolute atomic E-state index is 0.254. The molecule has 0 heterocycles. The molecule has 0 rings (SSSR count). The summed E-state index contributed by atoms with van der Waals surface area (Å²) in [6.07, 6.45) is 1.74. The molecule has 0 bridgehead atoms. The topological polar surface area (TPSA) is 58.4 Å².